The molecule has 0 radical (unpaired) electrons. The number of nitrogens with zero attached hydrogens (tertiary/aromatic N) is 2. The fourth-order valence-electron chi connectivity index (χ4n) is 2.31. The summed E-state index contributed by atoms with van der Waals surface area (Å²) in [7, 11) is -3.84. The SMILES string of the molecule is Cc1ccc([C@@H](C)NS(=O)(=O)c2nnc(NC(=O)C(C)(C)C)s2)c(C)c1. The number of anilines is 1. The standard InChI is InChI=1S/C17H24N4O3S2/c1-10-7-8-13(11(2)9-10)12(3)21-26(23,24)16-20-19-15(25-16)18-14(22)17(4,5)6/h7-9,12,21H,1-6H3,(H,18,19,22)/t12-/m1/s1. The summed E-state index contributed by atoms with van der Waals surface area (Å²) in [6.45, 7) is 11.0. The predicted octanol–water partition coefficient (Wildman–Crippen LogP) is 3.18. The molecule has 0 aliphatic rings. The molecule has 0 fully saturated rings. The van der Waals surface area contributed by atoms with Crippen molar-refractivity contribution >= 4 is 32.4 Å². The molecule has 0 bridgehead atoms. The summed E-state index contributed by atoms with van der Waals surface area (Å²) in [4.78, 5) is 12.0. The fraction of sp³-hybridized carbons (Fsp3) is 0.471. The number of sulfonamides is 1. The number of carbonyl (C=O) groups excluding carboxylic acids is 1. The third kappa shape index (κ3) is 4.87. The molecule has 1 amide bonds. The first-order valence-electron chi connectivity index (χ1n) is 8.14. The van der Waals surface area contributed by atoms with Gasteiger partial charge >= 0.3 is 0 Å². The van der Waals surface area contributed by atoms with Crippen LogP contribution in [0, 0.1) is 19.3 Å². The van der Waals surface area contributed by atoms with Gasteiger partial charge in [-0.05, 0) is 31.9 Å². The Morgan fingerprint density at radius 1 is 1.19 bits per heavy atom. The Hall–Kier alpha value is -1.84. The number of hydrogen-bond acceptors (Lipinski definition) is 6. The summed E-state index contributed by atoms with van der Waals surface area (Å²) >= 11 is 0.823. The molecule has 1 aromatic carbocycles. The van der Waals surface area contributed by atoms with Gasteiger partial charge < -0.3 is 5.32 Å². The second-order valence-electron chi connectivity index (χ2n) is 7.28. The molecular formula is C17H24N4O3S2. The Balaban J connectivity index is 2.16. The van der Waals surface area contributed by atoms with E-state index in [4.69, 9.17) is 0 Å². The number of rotatable bonds is 5. The van der Waals surface area contributed by atoms with Gasteiger partial charge in [-0.1, -0.05) is 55.9 Å². The molecule has 0 unspecified atom stereocenters. The second kappa shape index (κ2) is 7.42. The van der Waals surface area contributed by atoms with Crippen LogP contribution in [0.4, 0.5) is 5.13 Å². The van der Waals surface area contributed by atoms with E-state index in [0.717, 1.165) is 28.0 Å². The zero-order valence-electron chi connectivity index (χ0n) is 15.7. The van der Waals surface area contributed by atoms with Crippen LogP contribution in [0.15, 0.2) is 22.5 Å². The van der Waals surface area contributed by atoms with Crippen LogP contribution >= 0.6 is 11.3 Å². The van der Waals surface area contributed by atoms with Crippen molar-refractivity contribution in [3.8, 4) is 0 Å². The van der Waals surface area contributed by atoms with Crippen LogP contribution in [0.25, 0.3) is 0 Å². The molecule has 1 aromatic heterocycles. The Morgan fingerprint density at radius 2 is 1.85 bits per heavy atom. The predicted molar refractivity (Wildman–Crippen MR) is 103 cm³/mol. The van der Waals surface area contributed by atoms with Gasteiger partial charge in [-0.2, -0.15) is 0 Å². The molecule has 1 heterocycles. The van der Waals surface area contributed by atoms with Gasteiger partial charge in [0.1, 0.15) is 0 Å². The van der Waals surface area contributed by atoms with E-state index >= 15 is 0 Å². The van der Waals surface area contributed by atoms with E-state index in [1.54, 1.807) is 27.7 Å². The quantitative estimate of drug-likeness (QED) is 0.756. The zero-order valence-corrected chi connectivity index (χ0v) is 17.4. The van der Waals surface area contributed by atoms with E-state index < -0.39 is 21.5 Å². The minimum absolute atomic E-state index is 0.157. The summed E-state index contributed by atoms with van der Waals surface area (Å²) in [5.41, 5.74) is 2.41. The van der Waals surface area contributed by atoms with E-state index in [1.807, 2.05) is 32.0 Å². The van der Waals surface area contributed by atoms with Crippen LogP contribution < -0.4 is 10.0 Å². The maximum atomic E-state index is 12.6. The van der Waals surface area contributed by atoms with Crippen molar-refractivity contribution in [3.05, 3.63) is 34.9 Å². The molecule has 2 rings (SSSR count). The van der Waals surface area contributed by atoms with E-state index in [1.165, 1.54) is 0 Å². The highest BCUT2D eigenvalue weighted by molar-refractivity contribution is 7.91. The molecular weight excluding hydrogens is 372 g/mol. The number of carbonyl (C=O) groups is 1. The lowest BCUT2D eigenvalue weighted by Crippen LogP contribution is -2.27. The van der Waals surface area contributed by atoms with E-state index in [-0.39, 0.29) is 15.4 Å². The molecule has 7 nitrogen and oxygen atoms in total. The molecule has 0 saturated carbocycles. The molecule has 2 N–H and O–H groups in total. The molecule has 0 spiro atoms. The van der Waals surface area contributed by atoms with Gasteiger partial charge in [-0.25, -0.2) is 13.1 Å². The number of nitrogens with one attached hydrogen (secondary N) is 2. The van der Waals surface area contributed by atoms with Crippen LogP contribution in [0.2, 0.25) is 0 Å². The van der Waals surface area contributed by atoms with E-state index in [2.05, 4.69) is 20.2 Å². The van der Waals surface area contributed by atoms with Gasteiger partial charge in [0.25, 0.3) is 10.0 Å². The number of aromatic nitrogens is 2. The average molecular weight is 397 g/mol. The minimum atomic E-state index is -3.84. The highest BCUT2D eigenvalue weighted by atomic mass is 32.2. The molecule has 2 aromatic rings. The summed E-state index contributed by atoms with van der Waals surface area (Å²) in [6.07, 6.45) is 0. The third-order valence-electron chi connectivity index (χ3n) is 3.76. The topological polar surface area (TPSA) is 101 Å². The van der Waals surface area contributed by atoms with Crippen molar-refractivity contribution in [1.29, 1.82) is 0 Å². The summed E-state index contributed by atoms with van der Waals surface area (Å²) in [5, 5.41) is 10.2. The number of benzene rings is 1. The van der Waals surface area contributed by atoms with Crippen molar-refractivity contribution < 1.29 is 13.2 Å². The number of hydrogen-bond donors (Lipinski definition) is 2. The average Bonchev–Trinajstić information content (AvgIpc) is 2.95. The zero-order chi connectivity index (χ0) is 19.7. The lowest BCUT2D eigenvalue weighted by atomic mass is 9.96. The lowest BCUT2D eigenvalue weighted by molar-refractivity contribution is -0.123. The lowest BCUT2D eigenvalue weighted by Gasteiger charge is -2.16. The van der Waals surface area contributed by atoms with Gasteiger partial charge in [-0.3, -0.25) is 4.79 Å². The molecule has 9 heteroatoms. The van der Waals surface area contributed by atoms with E-state index in [0.29, 0.717) is 0 Å². The molecule has 0 aliphatic heterocycles. The monoisotopic (exact) mass is 396 g/mol. The van der Waals surface area contributed by atoms with Crippen molar-refractivity contribution in [1.82, 2.24) is 14.9 Å². The summed E-state index contributed by atoms with van der Waals surface area (Å²) in [6, 6.07) is 5.44. The number of aryl methyl sites for hydroxylation is 2. The highest BCUT2D eigenvalue weighted by Gasteiger charge is 2.26. The van der Waals surface area contributed by atoms with Gasteiger partial charge in [0.05, 0.1) is 0 Å². The first-order valence-corrected chi connectivity index (χ1v) is 10.4. The third-order valence-corrected chi connectivity index (χ3v) is 6.51. The van der Waals surface area contributed by atoms with Crippen LogP contribution in [0.5, 0.6) is 0 Å². The Morgan fingerprint density at radius 3 is 2.42 bits per heavy atom. The largest absolute Gasteiger partial charge is 0.300 e. The Bertz CT molecular complexity index is 914. The molecule has 1 atom stereocenters. The smallest absolute Gasteiger partial charge is 0.270 e. The molecule has 0 saturated heterocycles. The fourth-order valence-corrected chi connectivity index (χ4v) is 4.45. The Kier molecular flexibility index (Phi) is 5.84. The molecule has 0 aliphatic carbocycles. The Labute approximate surface area is 158 Å². The van der Waals surface area contributed by atoms with Gasteiger partial charge in [-0.15, -0.1) is 10.2 Å². The van der Waals surface area contributed by atoms with Crippen molar-refractivity contribution in [2.24, 2.45) is 5.41 Å². The first kappa shape index (κ1) is 20.5. The van der Waals surface area contributed by atoms with Gasteiger partial charge in [0, 0.05) is 11.5 Å². The molecule has 26 heavy (non-hydrogen) atoms. The van der Waals surface area contributed by atoms with Crippen molar-refractivity contribution in [2.75, 3.05) is 5.32 Å². The maximum Gasteiger partial charge on any atom is 0.270 e. The highest BCUT2D eigenvalue weighted by Crippen LogP contribution is 2.25. The first-order chi connectivity index (χ1) is 11.9. The van der Waals surface area contributed by atoms with Gasteiger partial charge in [0.15, 0.2) is 0 Å². The van der Waals surface area contributed by atoms with Crippen LogP contribution in [0.1, 0.15) is 50.4 Å². The summed E-state index contributed by atoms with van der Waals surface area (Å²) in [5.74, 6) is -0.255. The van der Waals surface area contributed by atoms with Crippen LogP contribution in [0.3, 0.4) is 0 Å². The molecule has 142 valence electrons. The van der Waals surface area contributed by atoms with Crippen molar-refractivity contribution in [2.45, 2.75) is 51.9 Å². The second-order valence-corrected chi connectivity index (χ2v) is 10.1. The maximum absolute atomic E-state index is 12.6. The van der Waals surface area contributed by atoms with Crippen LogP contribution in [-0.2, 0) is 14.8 Å². The normalized spacial score (nSPS) is 13.5. The van der Waals surface area contributed by atoms with Gasteiger partial charge in [0.2, 0.25) is 15.4 Å². The number of amides is 1. The van der Waals surface area contributed by atoms with Crippen molar-refractivity contribution in [3.63, 3.8) is 0 Å². The van der Waals surface area contributed by atoms with Crippen LogP contribution in [-0.4, -0.2) is 24.5 Å². The van der Waals surface area contributed by atoms with E-state index in [9.17, 15) is 13.2 Å². The minimum Gasteiger partial charge on any atom is -0.300 e. The summed E-state index contributed by atoms with van der Waals surface area (Å²) < 4.78 is 27.6.